The van der Waals surface area contributed by atoms with Gasteiger partial charge in [-0.25, -0.2) is 0 Å². The van der Waals surface area contributed by atoms with Crippen molar-refractivity contribution in [2.45, 2.75) is 25.9 Å². The Balaban J connectivity index is 0.00000280. The second-order valence-electron chi connectivity index (χ2n) is 9.46. The van der Waals surface area contributed by atoms with Gasteiger partial charge < -0.3 is 10.2 Å². The second-order valence-corrected chi connectivity index (χ2v) is 10.5. The van der Waals surface area contributed by atoms with Crippen LogP contribution in [0.2, 0.25) is 0 Å². The molecule has 1 aliphatic rings. The molecule has 1 unspecified atom stereocenters. The lowest BCUT2D eigenvalue weighted by atomic mass is 10.1. The van der Waals surface area contributed by atoms with Crippen LogP contribution in [-0.4, -0.2) is 48.1 Å². The molecule has 7 heteroatoms. The molecule has 3 heterocycles. The molecule has 1 saturated heterocycles. The summed E-state index contributed by atoms with van der Waals surface area (Å²) in [7, 11) is 0. The number of hydrogen-bond donors (Lipinski definition) is 1. The Bertz CT molecular complexity index is 1540. The summed E-state index contributed by atoms with van der Waals surface area (Å²) in [5.41, 5.74) is 2.98. The van der Waals surface area contributed by atoms with Crippen molar-refractivity contribution >= 4 is 66.4 Å². The molecule has 0 saturated carbocycles. The zero-order chi connectivity index (χ0) is 24.5. The Hall–Kier alpha value is -3.19. The molecular weight excluding hydrogens is 500 g/mol. The molecule has 0 aliphatic carbocycles. The number of anilines is 1. The molecule has 1 aliphatic heterocycles. The molecule has 0 spiro atoms. The van der Waals surface area contributed by atoms with Crippen molar-refractivity contribution in [1.82, 2.24) is 15.2 Å². The van der Waals surface area contributed by atoms with E-state index in [1.54, 1.807) is 11.3 Å². The first kappa shape index (κ1) is 25.5. The number of piperazine rings is 1. The normalized spacial score (nSPS) is 15.1. The van der Waals surface area contributed by atoms with E-state index in [9.17, 15) is 4.79 Å². The molecule has 1 fully saturated rings. The molecular formula is C30H31ClN4OS. The van der Waals surface area contributed by atoms with E-state index in [2.05, 4.69) is 87.7 Å². The van der Waals surface area contributed by atoms with Gasteiger partial charge in [-0.05, 0) is 42.8 Å². The third kappa shape index (κ3) is 5.01. The maximum absolute atomic E-state index is 13.4. The van der Waals surface area contributed by atoms with Gasteiger partial charge in [0, 0.05) is 63.5 Å². The van der Waals surface area contributed by atoms with Gasteiger partial charge in [0.2, 0.25) is 0 Å². The highest BCUT2D eigenvalue weighted by Crippen LogP contribution is 2.34. The number of rotatable bonds is 6. The number of benzene rings is 3. The molecule has 1 amide bonds. The van der Waals surface area contributed by atoms with Gasteiger partial charge in [-0.1, -0.05) is 49.7 Å². The van der Waals surface area contributed by atoms with Crippen LogP contribution in [0.5, 0.6) is 0 Å². The number of fused-ring (bicyclic) bond motifs is 4. The van der Waals surface area contributed by atoms with Gasteiger partial charge in [-0.2, -0.15) is 0 Å². The third-order valence-corrected chi connectivity index (χ3v) is 8.36. The highest BCUT2D eigenvalue weighted by Gasteiger charge is 2.26. The summed E-state index contributed by atoms with van der Waals surface area (Å²) in [6.45, 7) is 5.82. The first-order chi connectivity index (χ1) is 17.7. The van der Waals surface area contributed by atoms with E-state index in [1.807, 2.05) is 18.3 Å². The molecule has 6 rings (SSSR count). The summed E-state index contributed by atoms with van der Waals surface area (Å²) in [5, 5.41) is 6.90. The summed E-state index contributed by atoms with van der Waals surface area (Å²) >= 11 is 1.78. The van der Waals surface area contributed by atoms with E-state index in [1.165, 1.54) is 25.9 Å². The fraction of sp³-hybridized carbons (Fsp3) is 0.267. The van der Waals surface area contributed by atoms with Crippen LogP contribution in [0.25, 0.3) is 31.1 Å². The van der Waals surface area contributed by atoms with Crippen molar-refractivity contribution in [2.75, 3.05) is 31.1 Å². The van der Waals surface area contributed by atoms with Gasteiger partial charge in [0.05, 0.1) is 17.4 Å². The van der Waals surface area contributed by atoms with Gasteiger partial charge in [0.1, 0.15) is 0 Å². The number of pyridine rings is 1. The lowest BCUT2D eigenvalue weighted by molar-refractivity contribution is 0.0824. The predicted octanol–water partition coefficient (Wildman–Crippen LogP) is 6.70. The number of thiophene rings is 1. The zero-order valence-electron chi connectivity index (χ0n) is 20.9. The van der Waals surface area contributed by atoms with Crippen LogP contribution in [-0.2, 0) is 0 Å². The Kier molecular flexibility index (Phi) is 7.60. The first-order valence-electron chi connectivity index (χ1n) is 12.8. The molecule has 3 aromatic carbocycles. The molecule has 5 nitrogen and oxygen atoms in total. The topological polar surface area (TPSA) is 48.5 Å². The number of halogens is 1. The predicted molar refractivity (Wildman–Crippen MR) is 158 cm³/mol. The number of para-hydroxylation sites is 1. The minimum absolute atomic E-state index is 0. The van der Waals surface area contributed by atoms with Crippen molar-refractivity contribution in [2.24, 2.45) is 0 Å². The molecule has 37 heavy (non-hydrogen) atoms. The Morgan fingerprint density at radius 3 is 2.57 bits per heavy atom. The number of nitrogens with one attached hydrogen (secondary N) is 1. The molecule has 0 bridgehead atoms. The van der Waals surface area contributed by atoms with E-state index in [0.29, 0.717) is 0 Å². The second kappa shape index (κ2) is 11.1. The quantitative estimate of drug-likeness (QED) is 0.265. The van der Waals surface area contributed by atoms with Crippen molar-refractivity contribution < 1.29 is 4.79 Å². The number of aromatic nitrogens is 1. The summed E-state index contributed by atoms with van der Waals surface area (Å²) in [6.07, 6.45) is 3.85. The summed E-state index contributed by atoms with van der Waals surface area (Å²) < 4.78 is 2.48. The SMILES string of the molecule is CCCC(NC(=O)c1ccc2sc3ccccc3c2c1)N1CCN(c2cccc3cccnc23)CC1.Cl. The number of hydrogen-bond acceptors (Lipinski definition) is 5. The molecule has 1 N–H and O–H groups in total. The van der Waals surface area contributed by atoms with Gasteiger partial charge >= 0.3 is 0 Å². The maximum atomic E-state index is 13.4. The van der Waals surface area contributed by atoms with E-state index in [-0.39, 0.29) is 24.5 Å². The Labute approximate surface area is 227 Å². The van der Waals surface area contributed by atoms with Crippen molar-refractivity contribution in [1.29, 1.82) is 0 Å². The van der Waals surface area contributed by atoms with Crippen LogP contribution in [0.15, 0.2) is 79.0 Å². The van der Waals surface area contributed by atoms with Crippen molar-refractivity contribution in [3.63, 3.8) is 0 Å². The highest BCUT2D eigenvalue weighted by molar-refractivity contribution is 7.25. The van der Waals surface area contributed by atoms with E-state index < -0.39 is 0 Å². The monoisotopic (exact) mass is 530 g/mol. The Morgan fingerprint density at radius 2 is 1.73 bits per heavy atom. The lowest BCUT2D eigenvalue weighted by Gasteiger charge is -2.40. The number of amides is 1. The fourth-order valence-electron chi connectivity index (χ4n) is 5.34. The van der Waals surface area contributed by atoms with Crippen LogP contribution in [0, 0.1) is 0 Å². The molecule has 190 valence electrons. The smallest absolute Gasteiger partial charge is 0.252 e. The van der Waals surface area contributed by atoms with E-state index in [4.69, 9.17) is 0 Å². The molecule has 0 radical (unpaired) electrons. The van der Waals surface area contributed by atoms with Crippen molar-refractivity contribution in [3.05, 3.63) is 84.6 Å². The molecule has 2 aromatic heterocycles. The maximum Gasteiger partial charge on any atom is 0.252 e. The number of nitrogens with zero attached hydrogens (tertiary/aromatic N) is 3. The first-order valence-corrected chi connectivity index (χ1v) is 13.6. The van der Waals surface area contributed by atoms with E-state index >= 15 is 0 Å². The molecule has 5 aromatic rings. The van der Waals surface area contributed by atoms with E-state index in [0.717, 1.165) is 55.5 Å². The van der Waals surface area contributed by atoms with Crippen LogP contribution in [0.4, 0.5) is 5.69 Å². The summed E-state index contributed by atoms with van der Waals surface area (Å²) in [5.74, 6) is 0.00585. The largest absolute Gasteiger partial charge is 0.367 e. The minimum atomic E-state index is 0. The average molecular weight is 531 g/mol. The standard InChI is InChI=1S/C30H30N4OS.ClH/c1-2-7-28(32-30(35)22-13-14-27-24(20-22)23-10-3-4-12-26(23)36-27)34-18-16-33(17-19-34)25-11-5-8-21-9-6-15-31-29(21)25;/h3-6,8-15,20,28H,2,7,16-19H2,1H3,(H,32,35);1H. The van der Waals surface area contributed by atoms with Crippen LogP contribution < -0.4 is 10.2 Å². The lowest BCUT2D eigenvalue weighted by Crippen LogP contribution is -2.56. The third-order valence-electron chi connectivity index (χ3n) is 7.21. The Morgan fingerprint density at radius 1 is 0.946 bits per heavy atom. The number of carbonyl (C=O) groups excluding carboxylic acids is 1. The van der Waals surface area contributed by atoms with Gasteiger partial charge in [0.15, 0.2) is 0 Å². The fourth-order valence-corrected chi connectivity index (χ4v) is 6.43. The zero-order valence-corrected chi connectivity index (χ0v) is 22.5. The van der Waals surface area contributed by atoms with Crippen LogP contribution in [0.1, 0.15) is 30.1 Å². The number of carbonyl (C=O) groups is 1. The highest BCUT2D eigenvalue weighted by atomic mass is 35.5. The van der Waals surface area contributed by atoms with Crippen molar-refractivity contribution in [3.8, 4) is 0 Å². The summed E-state index contributed by atoms with van der Waals surface area (Å²) in [4.78, 5) is 22.8. The summed E-state index contributed by atoms with van der Waals surface area (Å²) in [6, 6.07) is 25.0. The molecule has 1 atom stereocenters. The van der Waals surface area contributed by atoms with Gasteiger partial charge in [-0.3, -0.25) is 14.7 Å². The van der Waals surface area contributed by atoms with Crippen LogP contribution >= 0.6 is 23.7 Å². The average Bonchev–Trinajstić information content (AvgIpc) is 3.30. The van der Waals surface area contributed by atoms with Gasteiger partial charge in [-0.15, -0.1) is 23.7 Å². The van der Waals surface area contributed by atoms with Crippen LogP contribution in [0.3, 0.4) is 0 Å². The minimum Gasteiger partial charge on any atom is -0.367 e. The van der Waals surface area contributed by atoms with Gasteiger partial charge in [0.25, 0.3) is 5.91 Å².